The van der Waals surface area contributed by atoms with E-state index in [4.69, 9.17) is 14.3 Å². The summed E-state index contributed by atoms with van der Waals surface area (Å²) in [6.07, 6.45) is 1.45. The van der Waals surface area contributed by atoms with Crippen molar-refractivity contribution in [3.8, 4) is 5.95 Å². The van der Waals surface area contributed by atoms with Crippen LogP contribution in [-0.2, 0) is 4.79 Å². The van der Waals surface area contributed by atoms with E-state index in [0.717, 1.165) is 5.56 Å². The number of carbonyl (C=O) groups is 1. The molecule has 1 heterocycles. The number of carboxylic acids is 1. The van der Waals surface area contributed by atoms with Crippen LogP contribution in [0.1, 0.15) is 5.56 Å². The molecule has 1 aromatic rings. The minimum absolute atomic E-state index is 0.271. The molecule has 1 rings (SSSR count). The molecule has 11 heavy (non-hydrogen) atoms. The largest absolute Gasteiger partial charge is 0.479 e. The molecule has 4 heteroatoms. The Morgan fingerprint density at radius 3 is 3.00 bits per heavy atom. The molecule has 1 N–H and O–H groups in total. The molecule has 60 valence electrons. The molecule has 0 aromatic carbocycles. The van der Waals surface area contributed by atoms with E-state index in [1.165, 1.54) is 6.26 Å². The maximum absolute atomic E-state index is 10.0. The lowest BCUT2D eigenvalue weighted by Gasteiger charge is -1.97. The van der Waals surface area contributed by atoms with Gasteiger partial charge in [0.1, 0.15) is 0 Å². The molecule has 0 fully saturated rings. The highest BCUT2D eigenvalue weighted by Crippen LogP contribution is 2.17. The normalized spacial score (nSPS) is 9.55. The summed E-state index contributed by atoms with van der Waals surface area (Å²) in [5.41, 5.74) is 0.797. The molecule has 0 aliphatic carbocycles. The van der Waals surface area contributed by atoms with Crippen LogP contribution in [-0.4, -0.2) is 17.7 Å². The SMILES string of the molecule is Cc1ccoc1OCC(=O)O. The first-order valence-corrected chi connectivity index (χ1v) is 3.09. The Kier molecular flexibility index (Phi) is 2.15. The fraction of sp³-hybridized carbons (Fsp3) is 0.286. The van der Waals surface area contributed by atoms with Crippen molar-refractivity contribution in [1.29, 1.82) is 0 Å². The van der Waals surface area contributed by atoms with Gasteiger partial charge in [0.05, 0.1) is 6.26 Å². The molecule has 4 nitrogen and oxygen atoms in total. The number of rotatable bonds is 3. The quantitative estimate of drug-likeness (QED) is 0.710. The summed E-state index contributed by atoms with van der Waals surface area (Å²) in [5.74, 6) is -0.742. The van der Waals surface area contributed by atoms with Crippen LogP contribution in [0.2, 0.25) is 0 Å². The maximum Gasteiger partial charge on any atom is 0.341 e. The zero-order valence-electron chi connectivity index (χ0n) is 6.03. The molecule has 0 aliphatic heterocycles. The molecular weight excluding hydrogens is 148 g/mol. The van der Waals surface area contributed by atoms with Gasteiger partial charge in [-0.25, -0.2) is 4.79 Å². The van der Waals surface area contributed by atoms with Crippen molar-refractivity contribution in [3.05, 3.63) is 17.9 Å². The maximum atomic E-state index is 10.0. The second-order valence-electron chi connectivity index (χ2n) is 2.07. The number of aryl methyl sites for hydroxylation is 1. The number of hydrogen-bond acceptors (Lipinski definition) is 3. The molecule has 0 bridgehead atoms. The highest BCUT2D eigenvalue weighted by atomic mass is 16.6. The number of ether oxygens (including phenoxy) is 1. The van der Waals surface area contributed by atoms with Crippen LogP contribution in [0.25, 0.3) is 0 Å². The number of carboxylic acid groups (broad SMARTS) is 1. The van der Waals surface area contributed by atoms with Crippen molar-refractivity contribution in [2.75, 3.05) is 6.61 Å². The molecule has 0 atom stereocenters. The second kappa shape index (κ2) is 3.09. The summed E-state index contributed by atoms with van der Waals surface area (Å²) in [4.78, 5) is 10.0. The highest BCUT2D eigenvalue weighted by molar-refractivity contribution is 5.68. The molecule has 0 aliphatic rings. The van der Waals surface area contributed by atoms with Gasteiger partial charge in [0.15, 0.2) is 6.61 Å². The summed E-state index contributed by atoms with van der Waals surface area (Å²) in [6, 6.07) is 1.71. The smallest absolute Gasteiger partial charge is 0.341 e. The van der Waals surface area contributed by atoms with E-state index in [2.05, 4.69) is 0 Å². The second-order valence-corrected chi connectivity index (χ2v) is 2.07. The lowest BCUT2D eigenvalue weighted by Crippen LogP contribution is -2.09. The fourth-order valence-corrected chi connectivity index (χ4v) is 0.634. The van der Waals surface area contributed by atoms with Gasteiger partial charge >= 0.3 is 5.97 Å². The van der Waals surface area contributed by atoms with Crippen LogP contribution in [0.4, 0.5) is 0 Å². The summed E-state index contributed by atoms with van der Waals surface area (Å²) in [5, 5.41) is 8.24. The molecule has 0 saturated carbocycles. The average Bonchev–Trinajstić information content (AvgIpc) is 2.31. The first kappa shape index (κ1) is 7.65. The summed E-state index contributed by atoms with van der Waals surface area (Å²) >= 11 is 0. The molecular formula is C7H8O4. The van der Waals surface area contributed by atoms with Crippen LogP contribution < -0.4 is 4.74 Å². The zero-order valence-corrected chi connectivity index (χ0v) is 6.03. The third-order valence-corrected chi connectivity index (χ3v) is 1.14. The minimum Gasteiger partial charge on any atom is -0.479 e. The van der Waals surface area contributed by atoms with Gasteiger partial charge in [0, 0.05) is 5.56 Å². The van der Waals surface area contributed by atoms with E-state index < -0.39 is 5.97 Å². The van der Waals surface area contributed by atoms with E-state index in [1.807, 2.05) is 0 Å². The fourth-order valence-electron chi connectivity index (χ4n) is 0.634. The van der Waals surface area contributed by atoms with Gasteiger partial charge in [-0.05, 0) is 13.0 Å². The third-order valence-electron chi connectivity index (χ3n) is 1.14. The van der Waals surface area contributed by atoms with Crippen molar-refractivity contribution >= 4 is 5.97 Å². The summed E-state index contributed by atoms with van der Waals surface area (Å²) in [6.45, 7) is 1.41. The standard InChI is InChI=1S/C7H8O4/c1-5-2-3-10-7(5)11-4-6(8)9/h2-3H,4H2,1H3,(H,8,9). The Hall–Kier alpha value is -1.45. The molecule has 1 aromatic heterocycles. The predicted octanol–water partition coefficient (Wildman–Crippen LogP) is 1.05. The zero-order chi connectivity index (χ0) is 8.27. The van der Waals surface area contributed by atoms with Crippen molar-refractivity contribution in [2.24, 2.45) is 0 Å². The van der Waals surface area contributed by atoms with Crippen LogP contribution >= 0.6 is 0 Å². The van der Waals surface area contributed by atoms with Gasteiger partial charge in [-0.15, -0.1) is 0 Å². The molecule has 0 spiro atoms. The van der Waals surface area contributed by atoms with E-state index >= 15 is 0 Å². The highest BCUT2D eigenvalue weighted by Gasteiger charge is 2.04. The number of hydrogen-bond donors (Lipinski definition) is 1. The first-order chi connectivity index (χ1) is 5.20. The van der Waals surface area contributed by atoms with Gasteiger partial charge in [-0.2, -0.15) is 0 Å². The monoisotopic (exact) mass is 156 g/mol. The van der Waals surface area contributed by atoms with E-state index in [9.17, 15) is 4.79 Å². The lowest BCUT2D eigenvalue weighted by atomic mass is 10.4. The minimum atomic E-state index is -1.01. The van der Waals surface area contributed by atoms with Gasteiger partial charge in [-0.1, -0.05) is 0 Å². The van der Waals surface area contributed by atoms with Crippen LogP contribution in [0.5, 0.6) is 5.95 Å². The summed E-state index contributed by atoms with van der Waals surface area (Å²) in [7, 11) is 0. The Morgan fingerprint density at radius 1 is 1.82 bits per heavy atom. The Bertz CT molecular complexity index is 251. The van der Waals surface area contributed by atoms with Crippen molar-refractivity contribution in [1.82, 2.24) is 0 Å². The van der Waals surface area contributed by atoms with E-state index in [1.54, 1.807) is 13.0 Å². The van der Waals surface area contributed by atoms with Crippen LogP contribution in [0.15, 0.2) is 16.7 Å². The first-order valence-electron chi connectivity index (χ1n) is 3.09. The lowest BCUT2D eigenvalue weighted by molar-refractivity contribution is -0.139. The van der Waals surface area contributed by atoms with E-state index in [0.29, 0.717) is 0 Å². The average molecular weight is 156 g/mol. The Morgan fingerprint density at radius 2 is 2.55 bits per heavy atom. The predicted molar refractivity (Wildman–Crippen MR) is 36.6 cm³/mol. The number of aliphatic carboxylic acids is 1. The molecule has 0 saturated heterocycles. The number of furan rings is 1. The van der Waals surface area contributed by atoms with Gasteiger partial charge < -0.3 is 14.3 Å². The van der Waals surface area contributed by atoms with Crippen molar-refractivity contribution in [3.63, 3.8) is 0 Å². The molecule has 0 amide bonds. The Labute approximate surface area is 63.4 Å². The third kappa shape index (κ3) is 2.00. The van der Waals surface area contributed by atoms with E-state index in [-0.39, 0.29) is 12.6 Å². The van der Waals surface area contributed by atoms with Gasteiger partial charge in [0.2, 0.25) is 0 Å². The topological polar surface area (TPSA) is 59.7 Å². The van der Waals surface area contributed by atoms with Crippen molar-refractivity contribution < 1.29 is 19.1 Å². The van der Waals surface area contributed by atoms with Crippen LogP contribution in [0, 0.1) is 6.92 Å². The van der Waals surface area contributed by atoms with Gasteiger partial charge in [-0.3, -0.25) is 0 Å². The summed E-state index contributed by atoms with van der Waals surface area (Å²) < 4.78 is 9.60. The van der Waals surface area contributed by atoms with Gasteiger partial charge in [0.25, 0.3) is 5.95 Å². The van der Waals surface area contributed by atoms with Crippen molar-refractivity contribution in [2.45, 2.75) is 6.92 Å². The Balaban J connectivity index is 2.51. The van der Waals surface area contributed by atoms with Crippen LogP contribution in [0.3, 0.4) is 0 Å². The molecule has 0 unspecified atom stereocenters. The molecule has 0 radical (unpaired) electrons.